The molecule has 0 spiro atoms. The molecule has 5 heteroatoms. The third kappa shape index (κ3) is 5.70. The van der Waals surface area contributed by atoms with Crippen molar-refractivity contribution >= 4 is 11.7 Å². The van der Waals surface area contributed by atoms with Crippen molar-refractivity contribution in [3.63, 3.8) is 0 Å². The zero-order valence-corrected chi connectivity index (χ0v) is 13.5. The zero-order chi connectivity index (χ0) is 16.7. The minimum absolute atomic E-state index is 0.0992. The number of nitrogens with zero attached hydrogens (tertiary/aromatic N) is 1. The molecule has 2 rings (SSSR count). The van der Waals surface area contributed by atoms with Gasteiger partial charge in [0.15, 0.2) is 0 Å². The van der Waals surface area contributed by atoms with E-state index in [2.05, 4.69) is 29.5 Å². The molecule has 23 heavy (non-hydrogen) atoms. The fourth-order valence-corrected chi connectivity index (χ4v) is 2.04. The van der Waals surface area contributed by atoms with Gasteiger partial charge in [-0.05, 0) is 42.2 Å². The lowest BCUT2D eigenvalue weighted by molar-refractivity contribution is 0.0952. The number of rotatable bonds is 7. The number of hydrogen-bond acceptors (Lipinski definition) is 3. The Balaban J connectivity index is 1.91. The van der Waals surface area contributed by atoms with Gasteiger partial charge in [0, 0.05) is 24.8 Å². The van der Waals surface area contributed by atoms with E-state index in [0.29, 0.717) is 30.4 Å². The van der Waals surface area contributed by atoms with E-state index in [0.717, 1.165) is 12.0 Å². The van der Waals surface area contributed by atoms with E-state index < -0.39 is 0 Å². The molecule has 0 atom stereocenters. The Morgan fingerprint density at radius 2 is 1.96 bits per heavy atom. The van der Waals surface area contributed by atoms with E-state index in [4.69, 9.17) is 0 Å². The molecule has 2 aromatic rings. The maximum Gasteiger partial charge on any atom is 0.251 e. The molecule has 0 saturated carbocycles. The topological polar surface area (TPSA) is 54.0 Å². The molecule has 0 fully saturated rings. The summed E-state index contributed by atoms with van der Waals surface area (Å²) in [4.78, 5) is 16.3. The average Bonchev–Trinajstić information content (AvgIpc) is 2.54. The summed E-state index contributed by atoms with van der Waals surface area (Å²) in [5.41, 5.74) is 1.52. The van der Waals surface area contributed by atoms with Crippen molar-refractivity contribution < 1.29 is 9.18 Å². The van der Waals surface area contributed by atoms with Gasteiger partial charge in [-0.25, -0.2) is 9.37 Å². The molecule has 0 radical (unpaired) electrons. The summed E-state index contributed by atoms with van der Waals surface area (Å²) in [7, 11) is 0. The Morgan fingerprint density at radius 3 is 2.65 bits per heavy atom. The fourth-order valence-electron chi connectivity index (χ4n) is 2.04. The summed E-state index contributed by atoms with van der Waals surface area (Å²) in [6, 6.07) is 9.67. The van der Waals surface area contributed by atoms with Crippen LogP contribution in [0.5, 0.6) is 0 Å². The molecule has 1 aromatic heterocycles. The summed E-state index contributed by atoms with van der Waals surface area (Å²) in [6.45, 7) is 5.43. The highest BCUT2D eigenvalue weighted by atomic mass is 19.1. The van der Waals surface area contributed by atoms with Crippen LogP contribution in [0.3, 0.4) is 0 Å². The molecular formula is C18H22FN3O. The number of aromatic nitrogens is 1. The van der Waals surface area contributed by atoms with Crippen molar-refractivity contribution in [1.82, 2.24) is 10.3 Å². The second-order valence-electron chi connectivity index (χ2n) is 5.85. The Kier molecular flexibility index (Phi) is 6.09. The van der Waals surface area contributed by atoms with Crippen LogP contribution in [0.1, 0.15) is 36.2 Å². The fraction of sp³-hybridized carbons (Fsp3) is 0.333. The van der Waals surface area contributed by atoms with E-state index in [1.54, 1.807) is 30.5 Å². The first-order valence-electron chi connectivity index (χ1n) is 7.77. The number of benzene rings is 1. The molecule has 0 unspecified atom stereocenters. The second-order valence-corrected chi connectivity index (χ2v) is 5.85. The summed E-state index contributed by atoms with van der Waals surface area (Å²) in [5, 5.41) is 6.04. The van der Waals surface area contributed by atoms with E-state index in [-0.39, 0.29) is 11.7 Å². The summed E-state index contributed by atoms with van der Waals surface area (Å²) >= 11 is 0. The van der Waals surface area contributed by atoms with Gasteiger partial charge in [0.2, 0.25) is 0 Å². The van der Waals surface area contributed by atoms with Gasteiger partial charge in [0.1, 0.15) is 11.6 Å². The second kappa shape index (κ2) is 8.27. The molecule has 4 nitrogen and oxygen atoms in total. The monoisotopic (exact) mass is 315 g/mol. The van der Waals surface area contributed by atoms with Crippen molar-refractivity contribution in [2.75, 3.05) is 11.9 Å². The van der Waals surface area contributed by atoms with Crippen LogP contribution in [0.25, 0.3) is 0 Å². The van der Waals surface area contributed by atoms with Crippen molar-refractivity contribution in [3.05, 3.63) is 59.5 Å². The Bertz CT molecular complexity index is 641. The summed E-state index contributed by atoms with van der Waals surface area (Å²) in [6.07, 6.45) is 2.55. The van der Waals surface area contributed by atoms with Gasteiger partial charge in [-0.15, -0.1) is 0 Å². The minimum Gasteiger partial charge on any atom is -0.366 e. The van der Waals surface area contributed by atoms with Gasteiger partial charge >= 0.3 is 0 Å². The lowest BCUT2D eigenvalue weighted by atomic mass is 10.1. The summed E-state index contributed by atoms with van der Waals surface area (Å²) in [5.74, 6) is 0.816. The largest absolute Gasteiger partial charge is 0.366 e. The van der Waals surface area contributed by atoms with Gasteiger partial charge in [-0.3, -0.25) is 4.79 Å². The molecule has 0 saturated heterocycles. The predicted octanol–water partition coefficient (Wildman–Crippen LogP) is 3.61. The van der Waals surface area contributed by atoms with Crippen LogP contribution in [0, 0.1) is 11.7 Å². The Hall–Kier alpha value is -2.43. The first kappa shape index (κ1) is 16.9. The lowest BCUT2D eigenvalue weighted by Gasteiger charge is -2.09. The number of carbonyl (C=O) groups excluding carboxylic acids is 1. The van der Waals surface area contributed by atoms with Crippen LogP contribution >= 0.6 is 0 Å². The molecule has 2 N–H and O–H groups in total. The van der Waals surface area contributed by atoms with Gasteiger partial charge in [0.05, 0.1) is 0 Å². The number of pyridine rings is 1. The van der Waals surface area contributed by atoms with Crippen molar-refractivity contribution in [3.8, 4) is 0 Å². The number of anilines is 1. The molecule has 1 amide bonds. The van der Waals surface area contributed by atoms with Crippen molar-refractivity contribution in [1.29, 1.82) is 0 Å². The smallest absolute Gasteiger partial charge is 0.251 e. The van der Waals surface area contributed by atoms with E-state index >= 15 is 0 Å². The Labute approximate surface area is 136 Å². The number of halogens is 1. The molecule has 1 aromatic carbocycles. The van der Waals surface area contributed by atoms with E-state index in [1.807, 2.05) is 0 Å². The quantitative estimate of drug-likeness (QED) is 0.820. The molecule has 1 heterocycles. The molecule has 122 valence electrons. The maximum atomic E-state index is 12.9. The van der Waals surface area contributed by atoms with E-state index in [9.17, 15) is 9.18 Å². The number of amides is 1. The van der Waals surface area contributed by atoms with E-state index in [1.165, 1.54) is 12.1 Å². The minimum atomic E-state index is -0.257. The van der Waals surface area contributed by atoms with Crippen LogP contribution in [-0.2, 0) is 6.54 Å². The lowest BCUT2D eigenvalue weighted by Crippen LogP contribution is -2.25. The molecule has 0 bridgehead atoms. The van der Waals surface area contributed by atoms with Crippen molar-refractivity contribution in [2.45, 2.75) is 26.8 Å². The zero-order valence-electron chi connectivity index (χ0n) is 13.5. The third-order valence-corrected chi connectivity index (χ3v) is 3.42. The summed E-state index contributed by atoms with van der Waals surface area (Å²) < 4.78 is 12.9. The number of carbonyl (C=O) groups is 1. The maximum absolute atomic E-state index is 12.9. The van der Waals surface area contributed by atoms with Gasteiger partial charge in [-0.1, -0.05) is 26.0 Å². The predicted molar refractivity (Wildman–Crippen MR) is 89.8 cm³/mol. The van der Waals surface area contributed by atoms with Gasteiger partial charge < -0.3 is 10.6 Å². The third-order valence-electron chi connectivity index (χ3n) is 3.42. The highest BCUT2D eigenvalue weighted by molar-refractivity contribution is 5.94. The molecule has 0 aliphatic rings. The molecule has 0 aliphatic heterocycles. The Morgan fingerprint density at radius 1 is 1.22 bits per heavy atom. The van der Waals surface area contributed by atoms with Crippen LogP contribution in [0.2, 0.25) is 0 Å². The SMILES string of the molecule is CC(C)CCNC(=O)c1ccnc(NCc2ccc(F)cc2)c1. The van der Waals surface area contributed by atoms with Crippen molar-refractivity contribution in [2.24, 2.45) is 5.92 Å². The highest BCUT2D eigenvalue weighted by Gasteiger charge is 2.07. The first-order valence-corrected chi connectivity index (χ1v) is 7.77. The van der Waals surface area contributed by atoms with Crippen LogP contribution in [-0.4, -0.2) is 17.4 Å². The molecule has 0 aliphatic carbocycles. The number of hydrogen-bond donors (Lipinski definition) is 2. The van der Waals surface area contributed by atoms with Gasteiger partial charge in [0.25, 0.3) is 5.91 Å². The molecular weight excluding hydrogens is 293 g/mol. The normalized spacial score (nSPS) is 10.6. The van der Waals surface area contributed by atoms with Crippen LogP contribution in [0.4, 0.5) is 10.2 Å². The van der Waals surface area contributed by atoms with Gasteiger partial charge in [-0.2, -0.15) is 0 Å². The van der Waals surface area contributed by atoms with Crippen LogP contribution in [0.15, 0.2) is 42.6 Å². The highest BCUT2D eigenvalue weighted by Crippen LogP contribution is 2.10. The standard InChI is InChI=1S/C18H22FN3O/c1-13(2)7-9-21-18(23)15-8-10-20-17(11-15)22-12-14-3-5-16(19)6-4-14/h3-6,8,10-11,13H,7,9,12H2,1-2H3,(H,20,22)(H,21,23). The van der Waals surface area contributed by atoms with Crippen LogP contribution < -0.4 is 10.6 Å². The number of nitrogens with one attached hydrogen (secondary N) is 2. The first-order chi connectivity index (χ1) is 11.0. The average molecular weight is 315 g/mol.